The maximum atomic E-state index is 13.4. The molecule has 0 saturated heterocycles. The fourth-order valence-electron chi connectivity index (χ4n) is 4.28. The smallest absolute Gasteiger partial charge is 0.267 e. The Morgan fingerprint density at radius 1 is 1.14 bits per heavy atom. The zero-order valence-corrected chi connectivity index (χ0v) is 16.2. The van der Waals surface area contributed by atoms with Gasteiger partial charge in [-0.3, -0.25) is 14.7 Å². The van der Waals surface area contributed by atoms with Crippen LogP contribution in [-0.4, -0.2) is 33.9 Å². The minimum Gasteiger partial charge on any atom is -0.495 e. The molecule has 3 aromatic rings. The van der Waals surface area contributed by atoms with Crippen LogP contribution in [0, 0.1) is 5.92 Å². The highest BCUT2D eigenvalue weighted by Crippen LogP contribution is 2.44. The second-order valence-corrected chi connectivity index (χ2v) is 7.56. The summed E-state index contributed by atoms with van der Waals surface area (Å²) in [7, 11) is 1.53. The molecular weight excluding hydrogens is 370 g/mol. The van der Waals surface area contributed by atoms with Crippen LogP contribution in [0.25, 0.3) is 0 Å². The number of amides is 1. The molecule has 150 valence electrons. The van der Waals surface area contributed by atoms with Crippen LogP contribution < -0.4 is 15.6 Å². The van der Waals surface area contributed by atoms with Crippen LogP contribution in [0.3, 0.4) is 0 Å². The Morgan fingerprint density at radius 2 is 1.83 bits per heavy atom. The Kier molecular flexibility index (Phi) is 4.76. The van der Waals surface area contributed by atoms with Gasteiger partial charge >= 0.3 is 0 Å². The van der Waals surface area contributed by atoms with E-state index in [0.29, 0.717) is 22.7 Å². The summed E-state index contributed by atoms with van der Waals surface area (Å²) in [4.78, 5) is 26.0. The molecule has 3 atom stereocenters. The normalized spacial score (nSPS) is 23.3. The zero-order chi connectivity index (χ0) is 20.6. The Morgan fingerprint density at radius 3 is 2.55 bits per heavy atom. The number of benzene rings is 2. The van der Waals surface area contributed by atoms with Crippen LogP contribution in [0.15, 0.2) is 59.4 Å². The van der Waals surface area contributed by atoms with Crippen LogP contribution in [0.2, 0.25) is 0 Å². The first-order valence-corrected chi connectivity index (χ1v) is 9.43. The molecule has 29 heavy (non-hydrogen) atoms. The van der Waals surface area contributed by atoms with Gasteiger partial charge in [-0.25, -0.2) is 0 Å². The van der Waals surface area contributed by atoms with Gasteiger partial charge in [0.15, 0.2) is 0 Å². The van der Waals surface area contributed by atoms with Crippen molar-refractivity contribution >= 4 is 11.6 Å². The van der Waals surface area contributed by atoms with Crippen molar-refractivity contribution in [2.45, 2.75) is 24.9 Å². The van der Waals surface area contributed by atoms with Gasteiger partial charge in [0.2, 0.25) is 5.91 Å². The van der Waals surface area contributed by atoms with E-state index in [-0.39, 0.29) is 17.9 Å². The number of H-pyrrole nitrogens is 2. The third kappa shape index (κ3) is 3.34. The fourth-order valence-corrected chi connectivity index (χ4v) is 4.28. The summed E-state index contributed by atoms with van der Waals surface area (Å²) in [6.45, 7) is 1.63. The van der Waals surface area contributed by atoms with Crippen molar-refractivity contribution in [1.29, 1.82) is 0 Å². The van der Waals surface area contributed by atoms with Crippen LogP contribution in [0.1, 0.15) is 29.7 Å². The molecule has 1 aliphatic carbocycles. The number of hydrogen-bond acceptors (Lipinski definition) is 4. The van der Waals surface area contributed by atoms with Gasteiger partial charge in [-0.2, -0.15) is 0 Å². The lowest BCUT2D eigenvalue weighted by Gasteiger charge is -2.41. The van der Waals surface area contributed by atoms with Crippen molar-refractivity contribution in [1.82, 2.24) is 10.2 Å². The summed E-state index contributed by atoms with van der Waals surface area (Å²) < 4.78 is 5.32. The number of nitrogens with one attached hydrogen (secondary N) is 3. The number of aliphatic hydroxyl groups is 1. The van der Waals surface area contributed by atoms with E-state index in [9.17, 15) is 14.7 Å². The highest BCUT2D eigenvalue weighted by Gasteiger charge is 2.50. The molecule has 0 radical (unpaired) electrons. The summed E-state index contributed by atoms with van der Waals surface area (Å²) in [5.41, 5.74) is 0.762. The molecule has 0 bridgehead atoms. The monoisotopic (exact) mass is 393 g/mol. The minimum absolute atomic E-state index is 0.161. The van der Waals surface area contributed by atoms with Crippen molar-refractivity contribution in [3.63, 3.8) is 0 Å². The lowest BCUT2D eigenvalue weighted by molar-refractivity contribution is -0.130. The third-order valence-corrected chi connectivity index (χ3v) is 5.55. The van der Waals surface area contributed by atoms with Gasteiger partial charge in [-0.15, -0.1) is 0 Å². The average molecular weight is 393 g/mol. The van der Waals surface area contributed by atoms with E-state index in [4.69, 9.17) is 4.74 Å². The summed E-state index contributed by atoms with van der Waals surface area (Å²) >= 11 is 0. The second-order valence-electron chi connectivity index (χ2n) is 7.56. The molecule has 0 aliphatic heterocycles. The Labute approximate surface area is 167 Å². The lowest BCUT2D eigenvalue weighted by Crippen LogP contribution is -2.51. The highest BCUT2D eigenvalue weighted by molar-refractivity contribution is 5.96. The molecule has 0 unspecified atom stereocenters. The highest BCUT2D eigenvalue weighted by atomic mass is 16.5. The van der Waals surface area contributed by atoms with E-state index >= 15 is 0 Å². The van der Waals surface area contributed by atoms with E-state index in [2.05, 4.69) is 15.5 Å². The molecule has 7 heteroatoms. The van der Waals surface area contributed by atoms with E-state index in [1.807, 2.05) is 36.4 Å². The van der Waals surface area contributed by atoms with E-state index in [1.54, 1.807) is 25.1 Å². The standard InChI is InChI=1S/C22H23N3O4/c1-22(28)12-15-18(20(26)25-24-15)17(13-8-4-3-5-9-13)19(22)21(27)23-14-10-6-7-11-16(14)29-2/h3-11,17,19,28H,12H2,1-2H3,(H,23,27)(H2,24,25,26)/t17-,19+,22+/m1/s1. The zero-order valence-electron chi connectivity index (χ0n) is 16.2. The number of ether oxygens (including phenoxy) is 1. The number of hydrogen-bond donors (Lipinski definition) is 4. The Balaban J connectivity index is 1.81. The van der Waals surface area contributed by atoms with Crippen molar-refractivity contribution in [3.8, 4) is 5.75 Å². The molecule has 4 N–H and O–H groups in total. The molecule has 4 rings (SSSR count). The molecule has 1 aliphatic rings. The molecule has 1 aromatic heterocycles. The van der Waals surface area contributed by atoms with E-state index in [1.165, 1.54) is 7.11 Å². The molecular formula is C22H23N3O4. The van der Waals surface area contributed by atoms with Gasteiger partial charge in [0, 0.05) is 23.6 Å². The SMILES string of the molecule is COc1ccccc1NC(=O)[C@@H]1[C@H](c2ccccc2)c2c([nH][nH]c2=O)C[C@]1(C)O. The third-order valence-electron chi connectivity index (χ3n) is 5.55. The number of fused-ring (bicyclic) bond motifs is 1. The van der Waals surface area contributed by atoms with Crippen LogP contribution >= 0.6 is 0 Å². The lowest BCUT2D eigenvalue weighted by atomic mass is 9.66. The topological polar surface area (TPSA) is 107 Å². The first-order chi connectivity index (χ1) is 13.9. The van der Waals surface area contributed by atoms with Crippen molar-refractivity contribution in [2.24, 2.45) is 5.92 Å². The van der Waals surface area contributed by atoms with Gasteiger partial charge in [0.1, 0.15) is 5.75 Å². The number of aromatic nitrogens is 2. The molecule has 0 spiro atoms. The Bertz CT molecular complexity index is 1080. The molecule has 7 nitrogen and oxygen atoms in total. The van der Waals surface area contributed by atoms with Gasteiger partial charge < -0.3 is 20.3 Å². The number of carbonyl (C=O) groups is 1. The minimum atomic E-state index is -1.37. The molecule has 2 aromatic carbocycles. The first kappa shape index (κ1) is 19.0. The molecule has 1 amide bonds. The number of methoxy groups -OCH3 is 1. The predicted octanol–water partition coefficient (Wildman–Crippen LogP) is 2.41. The van der Waals surface area contributed by atoms with Crippen LogP contribution in [0.4, 0.5) is 5.69 Å². The fraction of sp³-hybridized carbons (Fsp3) is 0.273. The van der Waals surface area contributed by atoms with Gasteiger partial charge in [-0.1, -0.05) is 42.5 Å². The maximum Gasteiger partial charge on any atom is 0.267 e. The molecule has 0 saturated carbocycles. The number of para-hydroxylation sites is 2. The summed E-state index contributed by atoms with van der Waals surface area (Å²) in [6.07, 6.45) is 0.161. The summed E-state index contributed by atoms with van der Waals surface area (Å²) in [5, 5.41) is 19.6. The second kappa shape index (κ2) is 7.25. The van der Waals surface area contributed by atoms with Crippen molar-refractivity contribution in [3.05, 3.63) is 81.8 Å². The van der Waals surface area contributed by atoms with Gasteiger partial charge in [0.05, 0.1) is 24.3 Å². The average Bonchev–Trinajstić information content (AvgIpc) is 3.06. The molecule has 1 heterocycles. The number of aromatic amines is 2. The quantitative estimate of drug-likeness (QED) is 0.546. The van der Waals surface area contributed by atoms with Gasteiger partial charge in [-0.05, 0) is 24.6 Å². The van der Waals surface area contributed by atoms with Crippen molar-refractivity contribution < 1.29 is 14.6 Å². The first-order valence-electron chi connectivity index (χ1n) is 9.43. The molecule has 0 fully saturated rings. The summed E-state index contributed by atoms with van der Waals surface area (Å²) in [6, 6.07) is 16.4. The van der Waals surface area contributed by atoms with Crippen LogP contribution in [0.5, 0.6) is 5.75 Å². The number of rotatable bonds is 4. The largest absolute Gasteiger partial charge is 0.495 e. The maximum absolute atomic E-state index is 13.4. The number of anilines is 1. The van der Waals surface area contributed by atoms with Crippen LogP contribution in [-0.2, 0) is 11.2 Å². The van der Waals surface area contributed by atoms with Crippen molar-refractivity contribution in [2.75, 3.05) is 12.4 Å². The summed E-state index contributed by atoms with van der Waals surface area (Å²) in [5.74, 6) is -1.33. The van der Waals surface area contributed by atoms with Gasteiger partial charge in [0.25, 0.3) is 5.56 Å². The van der Waals surface area contributed by atoms with E-state index < -0.39 is 17.4 Å². The predicted molar refractivity (Wildman–Crippen MR) is 109 cm³/mol. The number of carbonyl (C=O) groups excluding carboxylic acids is 1. The Hall–Kier alpha value is -3.32. The van der Waals surface area contributed by atoms with E-state index in [0.717, 1.165) is 5.56 Å².